The first-order valence-corrected chi connectivity index (χ1v) is 19.8. The average Bonchev–Trinajstić information content (AvgIpc) is 3.99. The number of nitrogens with zero attached hydrogens (tertiary/aromatic N) is 1. The molecule has 0 saturated heterocycles. The van der Waals surface area contributed by atoms with Crippen molar-refractivity contribution in [2.24, 2.45) is 0 Å². The van der Waals surface area contributed by atoms with Crippen molar-refractivity contribution in [1.29, 1.82) is 0 Å². The topological polar surface area (TPSA) is 18.1 Å². The minimum atomic E-state index is -0.469. The minimum Gasteiger partial charge on any atom is -0.456 e. The lowest BCUT2D eigenvalue weighted by molar-refractivity contribution is 0.669. The Kier molecular flexibility index (Phi) is 6.13. The molecule has 2 aliphatic carbocycles. The molecule has 0 radical (unpaired) electrons. The fraction of sp³-hybridized carbons (Fsp3) is 0.0182. The van der Waals surface area contributed by atoms with Gasteiger partial charge in [-0.05, 0) is 115 Å². The molecule has 9 aromatic carbocycles. The summed E-state index contributed by atoms with van der Waals surface area (Å²) >= 11 is 0. The Hall–Kier alpha value is -7.42. The van der Waals surface area contributed by atoms with Gasteiger partial charge < -0.3 is 8.98 Å². The molecule has 0 aliphatic heterocycles. The van der Waals surface area contributed by atoms with Gasteiger partial charge in [0.1, 0.15) is 11.2 Å². The molecule has 0 unspecified atom stereocenters. The molecular weight excluding hydrogens is 691 g/mol. The molecule has 264 valence electrons. The van der Waals surface area contributed by atoms with E-state index in [9.17, 15) is 0 Å². The third-order valence-electron chi connectivity index (χ3n) is 12.8. The van der Waals surface area contributed by atoms with Crippen molar-refractivity contribution in [3.05, 3.63) is 222 Å². The van der Waals surface area contributed by atoms with Gasteiger partial charge in [-0.2, -0.15) is 0 Å². The van der Waals surface area contributed by atoms with Crippen LogP contribution in [-0.4, -0.2) is 4.57 Å². The van der Waals surface area contributed by atoms with E-state index in [0.717, 1.165) is 27.6 Å². The van der Waals surface area contributed by atoms with Crippen molar-refractivity contribution >= 4 is 43.7 Å². The highest BCUT2D eigenvalue weighted by Gasteiger charge is 2.52. The number of fused-ring (bicyclic) bond motifs is 16. The Morgan fingerprint density at radius 3 is 1.65 bits per heavy atom. The van der Waals surface area contributed by atoms with Crippen LogP contribution in [0.3, 0.4) is 0 Å². The molecule has 57 heavy (non-hydrogen) atoms. The normalized spacial score (nSPS) is 13.4. The van der Waals surface area contributed by atoms with E-state index in [1.165, 1.54) is 88.6 Å². The molecule has 0 bridgehead atoms. The second kappa shape index (κ2) is 11.3. The Labute approximate surface area is 329 Å². The van der Waals surface area contributed by atoms with Gasteiger partial charge in [-0.25, -0.2) is 0 Å². The van der Waals surface area contributed by atoms with Crippen LogP contribution in [0.25, 0.3) is 93.9 Å². The van der Waals surface area contributed by atoms with Crippen LogP contribution in [0.5, 0.6) is 0 Å². The monoisotopic (exact) mass is 723 g/mol. The van der Waals surface area contributed by atoms with E-state index < -0.39 is 5.41 Å². The van der Waals surface area contributed by atoms with Crippen LogP contribution >= 0.6 is 0 Å². The highest BCUT2D eigenvalue weighted by Crippen LogP contribution is 2.65. The number of hydrogen-bond acceptors (Lipinski definition) is 1. The van der Waals surface area contributed by atoms with E-state index >= 15 is 0 Å². The zero-order chi connectivity index (χ0) is 37.2. The number of hydrogen-bond donors (Lipinski definition) is 0. The van der Waals surface area contributed by atoms with E-state index in [0.29, 0.717) is 0 Å². The predicted molar refractivity (Wildman–Crippen MR) is 235 cm³/mol. The van der Waals surface area contributed by atoms with Crippen LogP contribution in [0.4, 0.5) is 0 Å². The highest BCUT2D eigenvalue weighted by atomic mass is 16.3. The smallest absolute Gasteiger partial charge is 0.135 e. The lowest BCUT2D eigenvalue weighted by atomic mass is 9.70. The first-order chi connectivity index (χ1) is 28.3. The maximum atomic E-state index is 6.24. The first kappa shape index (κ1) is 30.9. The molecular formula is C55H33NO. The zero-order valence-corrected chi connectivity index (χ0v) is 30.9. The molecule has 0 N–H and O–H groups in total. The molecule has 11 aromatic rings. The Balaban J connectivity index is 1.21. The summed E-state index contributed by atoms with van der Waals surface area (Å²) in [6.45, 7) is 0. The predicted octanol–water partition coefficient (Wildman–Crippen LogP) is 14.4. The molecule has 2 heterocycles. The lowest BCUT2D eigenvalue weighted by Gasteiger charge is -2.31. The molecule has 0 amide bonds. The van der Waals surface area contributed by atoms with E-state index in [1.54, 1.807) is 0 Å². The number of furan rings is 1. The summed E-state index contributed by atoms with van der Waals surface area (Å²) < 4.78 is 8.74. The van der Waals surface area contributed by atoms with Crippen molar-refractivity contribution in [3.8, 4) is 50.2 Å². The van der Waals surface area contributed by atoms with Gasteiger partial charge in [0.25, 0.3) is 0 Å². The molecule has 1 spiro atoms. The van der Waals surface area contributed by atoms with Gasteiger partial charge >= 0.3 is 0 Å². The SMILES string of the molecule is c1ccc(-c2c3c(cc4c2c2cc(-c5ccc6oc7ccccc7c6c5)ccc2n4-c2ccccc2)C2(c4ccccc4-c4ccccc42)c2ccccc2-3)cc1. The quantitative estimate of drug-likeness (QED) is 0.177. The van der Waals surface area contributed by atoms with Gasteiger partial charge in [0, 0.05) is 27.2 Å². The summed E-state index contributed by atoms with van der Waals surface area (Å²) in [5, 5.41) is 4.77. The van der Waals surface area contributed by atoms with Crippen molar-refractivity contribution in [2.45, 2.75) is 5.41 Å². The number of aromatic nitrogens is 1. The average molecular weight is 724 g/mol. The standard InChI is InChI=1S/C55H33NO/c1-3-15-34(16-4-1)52-53-41-22-9-13-25-46(41)55(44-23-11-7-19-38(44)39-20-8-12-24-45(39)55)47(53)33-49-54(52)43-32-35(27-29-48(43)56(49)37-17-5-2-6-18-37)36-28-30-51-42(31-36)40-21-10-14-26-50(40)57-51/h1-33H. The maximum absolute atomic E-state index is 6.24. The van der Waals surface area contributed by atoms with Crippen molar-refractivity contribution in [1.82, 2.24) is 4.57 Å². The Bertz CT molecular complexity index is 3410. The van der Waals surface area contributed by atoms with Gasteiger partial charge in [0.2, 0.25) is 0 Å². The summed E-state index contributed by atoms with van der Waals surface area (Å²) in [5.41, 5.74) is 20.4. The molecule has 13 rings (SSSR count). The number of rotatable bonds is 3. The first-order valence-electron chi connectivity index (χ1n) is 19.8. The summed E-state index contributed by atoms with van der Waals surface area (Å²) in [7, 11) is 0. The van der Waals surface area contributed by atoms with Crippen LogP contribution in [0.2, 0.25) is 0 Å². The molecule has 0 saturated carbocycles. The van der Waals surface area contributed by atoms with Crippen molar-refractivity contribution < 1.29 is 4.42 Å². The second-order valence-electron chi connectivity index (χ2n) is 15.5. The fourth-order valence-electron chi connectivity index (χ4n) is 10.6. The zero-order valence-electron chi connectivity index (χ0n) is 30.9. The minimum absolute atomic E-state index is 0.469. The third kappa shape index (κ3) is 3.99. The maximum Gasteiger partial charge on any atom is 0.135 e. The van der Waals surface area contributed by atoms with Gasteiger partial charge in [0.15, 0.2) is 0 Å². The van der Waals surface area contributed by atoms with Crippen molar-refractivity contribution in [3.63, 3.8) is 0 Å². The van der Waals surface area contributed by atoms with E-state index in [4.69, 9.17) is 4.42 Å². The van der Waals surface area contributed by atoms with Gasteiger partial charge in [-0.15, -0.1) is 0 Å². The molecule has 2 aromatic heterocycles. The van der Waals surface area contributed by atoms with Gasteiger partial charge in [-0.3, -0.25) is 0 Å². The number of benzene rings is 9. The van der Waals surface area contributed by atoms with Crippen LogP contribution in [0.15, 0.2) is 205 Å². The largest absolute Gasteiger partial charge is 0.456 e. The number of para-hydroxylation sites is 2. The van der Waals surface area contributed by atoms with Gasteiger partial charge in [0.05, 0.1) is 16.4 Å². The van der Waals surface area contributed by atoms with E-state index in [-0.39, 0.29) is 0 Å². The van der Waals surface area contributed by atoms with Gasteiger partial charge in [-0.1, -0.05) is 152 Å². The Morgan fingerprint density at radius 1 is 0.351 bits per heavy atom. The highest BCUT2D eigenvalue weighted by molar-refractivity contribution is 6.21. The van der Waals surface area contributed by atoms with E-state index in [1.807, 2.05) is 12.1 Å². The second-order valence-corrected chi connectivity index (χ2v) is 15.5. The molecule has 0 fully saturated rings. The summed E-state index contributed by atoms with van der Waals surface area (Å²) in [6, 6.07) is 73.9. The third-order valence-corrected chi connectivity index (χ3v) is 12.8. The summed E-state index contributed by atoms with van der Waals surface area (Å²) in [4.78, 5) is 0. The molecule has 2 heteroatoms. The Morgan fingerprint density at radius 2 is 0.912 bits per heavy atom. The van der Waals surface area contributed by atoms with Crippen LogP contribution < -0.4 is 0 Å². The molecule has 2 nitrogen and oxygen atoms in total. The summed E-state index contributed by atoms with van der Waals surface area (Å²) in [6.07, 6.45) is 0. The van der Waals surface area contributed by atoms with E-state index in [2.05, 4.69) is 193 Å². The summed E-state index contributed by atoms with van der Waals surface area (Å²) in [5.74, 6) is 0. The fourth-order valence-corrected chi connectivity index (χ4v) is 10.6. The van der Waals surface area contributed by atoms with Crippen LogP contribution in [0.1, 0.15) is 22.3 Å². The van der Waals surface area contributed by atoms with Crippen LogP contribution in [-0.2, 0) is 5.41 Å². The molecule has 0 atom stereocenters. The molecule has 2 aliphatic rings. The van der Waals surface area contributed by atoms with Crippen LogP contribution in [0, 0.1) is 0 Å². The van der Waals surface area contributed by atoms with Crippen molar-refractivity contribution in [2.75, 3.05) is 0 Å². The lowest BCUT2D eigenvalue weighted by Crippen LogP contribution is -2.25.